The Hall–Kier alpha value is -0.780. The summed E-state index contributed by atoms with van der Waals surface area (Å²) in [4.78, 5) is 0. The van der Waals surface area contributed by atoms with Crippen molar-refractivity contribution in [1.29, 1.82) is 0 Å². The maximum Gasteiger partial charge on any atom is -0.0159 e. The third kappa shape index (κ3) is 1.77. The summed E-state index contributed by atoms with van der Waals surface area (Å²) < 4.78 is 0. The summed E-state index contributed by atoms with van der Waals surface area (Å²) in [6, 6.07) is 6.90. The molecule has 70 valence electrons. The van der Waals surface area contributed by atoms with Gasteiger partial charge in [-0.3, -0.25) is 0 Å². The third-order valence-electron chi connectivity index (χ3n) is 3.22. The van der Waals surface area contributed by atoms with E-state index in [0.717, 1.165) is 5.92 Å². The van der Waals surface area contributed by atoms with Crippen LogP contribution in [0.1, 0.15) is 48.3 Å². The molecule has 0 spiro atoms. The van der Waals surface area contributed by atoms with Crippen LogP contribution in [-0.4, -0.2) is 0 Å². The molecule has 1 aromatic carbocycles. The van der Waals surface area contributed by atoms with E-state index in [2.05, 4.69) is 32.0 Å². The second-order valence-electron chi connectivity index (χ2n) is 4.34. The highest BCUT2D eigenvalue weighted by molar-refractivity contribution is 5.33. The molecule has 1 saturated carbocycles. The minimum absolute atomic E-state index is 0.862. The maximum atomic E-state index is 2.33. The molecule has 1 fully saturated rings. The number of benzene rings is 1. The van der Waals surface area contributed by atoms with Gasteiger partial charge in [-0.05, 0) is 43.7 Å². The van der Waals surface area contributed by atoms with Crippen molar-refractivity contribution in [1.82, 2.24) is 0 Å². The first-order valence-corrected chi connectivity index (χ1v) is 5.34. The van der Waals surface area contributed by atoms with Crippen molar-refractivity contribution in [2.24, 2.45) is 0 Å². The Balaban J connectivity index is 2.29. The van der Waals surface area contributed by atoms with Crippen LogP contribution in [0.5, 0.6) is 0 Å². The molecule has 0 aromatic heterocycles. The highest BCUT2D eigenvalue weighted by atomic mass is 14.2. The summed E-state index contributed by atoms with van der Waals surface area (Å²) in [5.74, 6) is 0.862. The first kappa shape index (κ1) is 8.80. The van der Waals surface area contributed by atoms with Gasteiger partial charge in [-0.1, -0.05) is 36.6 Å². The molecule has 0 amide bonds. The summed E-state index contributed by atoms with van der Waals surface area (Å²) in [7, 11) is 0. The zero-order chi connectivity index (χ0) is 9.26. The summed E-state index contributed by atoms with van der Waals surface area (Å²) in [6.45, 7) is 4.42. The van der Waals surface area contributed by atoms with Crippen LogP contribution in [0.25, 0.3) is 0 Å². The molecule has 0 unspecified atom stereocenters. The Bertz CT molecular complexity index is 293. The lowest BCUT2D eigenvalue weighted by Gasteiger charge is -2.13. The lowest BCUT2D eigenvalue weighted by Crippen LogP contribution is -1.95. The molecule has 0 radical (unpaired) electrons. The fraction of sp³-hybridized carbons (Fsp3) is 0.538. The maximum absolute atomic E-state index is 2.33. The van der Waals surface area contributed by atoms with Crippen LogP contribution in [0.15, 0.2) is 18.2 Å². The van der Waals surface area contributed by atoms with Gasteiger partial charge in [0.1, 0.15) is 0 Å². The van der Waals surface area contributed by atoms with E-state index in [9.17, 15) is 0 Å². The van der Waals surface area contributed by atoms with Gasteiger partial charge in [0.2, 0.25) is 0 Å². The van der Waals surface area contributed by atoms with Crippen LogP contribution in [0.3, 0.4) is 0 Å². The number of aryl methyl sites for hydroxylation is 2. The van der Waals surface area contributed by atoms with Crippen molar-refractivity contribution in [3.8, 4) is 0 Å². The molecule has 1 aliphatic carbocycles. The van der Waals surface area contributed by atoms with Gasteiger partial charge in [-0.2, -0.15) is 0 Å². The van der Waals surface area contributed by atoms with E-state index in [-0.39, 0.29) is 0 Å². The Kier molecular flexibility index (Phi) is 2.39. The lowest BCUT2D eigenvalue weighted by molar-refractivity contribution is 0.717. The molecule has 1 aliphatic rings. The van der Waals surface area contributed by atoms with Crippen LogP contribution in [-0.2, 0) is 0 Å². The van der Waals surface area contributed by atoms with Crippen LogP contribution in [0.4, 0.5) is 0 Å². The van der Waals surface area contributed by atoms with Crippen molar-refractivity contribution < 1.29 is 0 Å². The van der Waals surface area contributed by atoms with Gasteiger partial charge in [0.05, 0.1) is 0 Å². The first-order chi connectivity index (χ1) is 6.27. The minimum Gasteiger partial charge on any atom is -0.0590 e. The van der Waals surface area contributed by atoms with E-state index in [1.165, 1.54) is 36.8 Å². The summed E-state index contributed by atoms with van der Waals surface area (Å²) in [5.41, 5.74) is 4.48. The van der Waals surface area contributed by atoms with E-state index in [0.29, 0.717) is 0 Å². The predicted molar refractivity (Wildman–Crippen MR) is 57.1 cm³/mol. The van der Waals surface area contributed by atoms with Crippen molar-refractivity contribution in [3.63, 3.8) is 0 Å². The molecule has 0 atom stereocenters. The Morgan fingerprint density at radius 1 is 1.08 bits per heavy atom. The monoisotopic (exact) mass is 174 g/mol. The van der Waals surface area contributed by atoms with Crippen LogP contribution < -0.4 is 0 Å². The van der Waals surface area contributed by atoms with Crippen molar-refractivity contribution in [3.05, 3.63) is 34.9 Å². The number of rotatable bonds is 1. The Morgan fingerprint density at radius 3 is 2.38 bits per heavy atom. The van der Waals surface area contributed by atoms with E-state index >= 15 is 0 Å². The summed E-state index contributed by atoms with van der Waals surface area (Å²) in [6.07, 6.45) is 5.67. The van der Waals surface area contributed by atoms with Gasteiger partial charge in [0, 0.05) is 0 Å². The van der Waals surface area contributed by atoms with Crippen LogP contribution in [0, 0.1) is 13.8 Å². The molecular weight excluding hydrogens is 156 g/mol. The molecule has 0 N–H and O–H groups in total. The second-order valence-corrected chi connectivity index (χ2v) is 4.34. The number of hydrogen-bond acceptors (Lipinski definition) is 0. The summed E-state index contributed by atoms with van der Waals surface area (Å²) >= 11 is 0. The SMILES string of the molecule is Cc1ccc(C2CCCC2)c(C)c1. The zero-order valence-electron chi connectivity index (χ0n) is 8.64. The van der Waals surface area contributed by atoms with Crippen molar-refractivity contribution in [2.75, 3.05) is 0 Å². The van der Waals surface area contributed by atoms with Crippen molar-refractivity contribution in [2.45, 2.75) is 45.4 Å². The summed E-state index contributed by atoms with van der Waals surface area (Å²) in [5, 5.41) is 0. The van der Waals surface area contributed by atoms with E-state index in [4.69, 9.17) is 0 Å². The Morgan fingerprint density at radius 2 is 1.77 bits per heavy atom. The Labute approximate surface area is 81.0 Å². The van der Waals surface area contributed by atoms with Gasteiger partial charge in [0.15, 0.2) is 0 Å². The smallest absolute Gasteiger partial charge is 0.0159 e. The lowest BCUT2D eigenvalue weighted by atomic mass is 9.92. The molecule has 0 bridgehead atoms. The minimum atomic E-state index is 0.862. The largest absolute Gasteiger partial charge is 0.0590 e. The van der Waals surface area contributed by atoms with E-state index in [1.54, 1.807) is 5.56 Å². The van der Waals surface area contributed by atoms with Crippen LogP contribution in [0.2, 0.25) is 0 Å². The van der Waals surface area contributed by atoms with Crippen molar-refractivity contribution >= 4 is 0 Å². The number of hydrogen-bond donors (Lipinski definition) is 0. The molecule has 2 rings (SSSR count). The van der Waals surface area contributed by atoms with Gasteiger partial charge < -0.3 is 0 Å². The highest BCUT2D eigenvalue weighted by Gasteiger charge is 2.18. The molecule has 0 saturated heterocycles. The predicted octanol–water partition coefficient (Wildman–Crippen LogP) is 3.96. The van der Waals surface area contributed by atoms with Crippen LogP contribution >= 0.6 is 0 Å². The fourth-order valence-electron chi connectivity index (χ4n) is 2.52. The first-order valence-electron chi connectivity index (χ1n) is 5.34. The quantitative estimate of drug-likeness (QED) is 0.604. The third-order valence-corrected chi connectivity index (χ3v) is 3.22. The van der Waals surface area contributed by atoms with Gasteiger partial charge in [-0.25, -0.2) is 0 Å². The molecule has 0 aliphatic heterocycles. The average molecular weight is 174 g/mol. The molecule has 0 heteroatoms. The highest BCUT2D eigenvalue weighted by Crippen LogP contribution is 2.35. The molecule has 1 aromatic rings. The molecule has 13 heavy (non-hydrogen) atoms. The normalized spacial score (nSPS) is 18.0. The molecule has 0 heterocycles. The average Bonchev–Trinajstić information content (AvgIpc) is 2.56. The molecule has 0 nitrogen and oxygen atoms in total. The second kappa shape index (κ2) is 3.53. The molecular formula is C13H18. The topological polar surface area (TPSA) is 0 Å². The van der Waals surface area contributed by atoms with Gasteiger partial charge in [-0.15, -0.1) is 0 Å². The van der Waals surface area contributed by atoms with Gasteiger partial charge in [0.25, 0.3) is 0 Å². The zero-order valence-corrected chi connectivity index (χ0v) is 8.64. The van der Waals surface area contributed by atoms with E-state index in [1.807, 2.05) is 0 Å². The standard InChI is InChI=1S/C13H18/c1-10-7-8-13(11(2)9-10)12-5-3-4-6-12/h7-9,12H,3-6H2,1-2H3. The van der Waals surface area contributed by atoms with E-state index < -0.39 is 0 Å². The fourth-order valence-corrected chi connectivity index (χ4v) is 2.52. The van der Waals surface area contributed by atoms with Gasteiger partial charge >= 0.3 is 0 Å².